The molecule has 0 aliphatic carbocycles. The van der Waals surface area contributed by atoms with Crippen molar-refractivity contribution in [3.63, 3.8) is 0 Å². The van der Waals surface area contributed by atoms with E-state index in [0.29, 0.717) is 22.8 Å². The van der Waals surface area contributed by atoms with Gasteiger partial charge in [-0.25, -0.2) is 0 Å². The van der Waals surface area contributed by atoms with Crippen molar-refractivity contribution in [2.75, 3.05) is 11.1 Å². The van der Waals surface area contributed by atoms with Gasteiger partial charge in [0.1, 0.15) is 5.82 Å². The first-order valence-corrected chi connectivity index (χ1v) is 5.67. The van der Waals surface area contributed by atoms with Crippen LogP contribution in [0.2, 0.25) is 0 Å². The Hall–Kier alpha value is -2.37. The minimum absolute atomic E-state index is 0.244. The Bertz CT molecular complexity index is 576. The fourth-order valence-electron chi connectivity index (χ4n) is 1.65. The largest absolute Gasteiger partial charge is 0.397 e. The van der Waals surface area contributed by atoms with E-state index in [1.165, 1.54) is 6.20 Å². The molecule has 18 heavy (non-hydrogen) atoms. The summed E-state index contributed by atoms with van der Waals surface area (Å²) in [6.45, 7) is 3.76. The van der Waals surface area contributed by atoms with Crippen molar-refractivity contribution in [2.24, 2.45) is 0 Å². The van der Waals surface area contributed by atoms with E-state index < -0.39 is 0 Å². The van der Waals surface area contributed by atoms with E-state index >= 15 is 0 Å². The summed E-state index contributed by atoms with van der Waals surface area (Å²) in [5.74, 6) is 0.371. The minimum Gasteiger partial charge on any atom is -0.397 e. The molecule has 2 aromatic rings. The second-order valence-corrected chi connectivity index (χ2v) is 3.98. The number of hydrogen-bond acceptors (Lipinski definition) is 4. The number of amides is 1. The summed E-state index contributed by atoms with van der Waals surface area (Å²) < 4.78 is 0. The number of hydrogen-bond donors (Lipinski definition) is 3. The number of H-pyrrole nitrogens is 1. The van der Waals surface area contributed by atoms with Gasteiger partial charge < -0.3 is 11.1 Å². The highest BCUT2D eigenvalue weighted by molar-refractivity contribution is 6.05. The number of aromatic amines is 1. The van der Waals surface area contributed by atoms with Gasteiger partial charge in [0.05, 0.1) is 29.3 Å². The van der Waals surface area contributed by atoms with Gasteiger partial charge in [-0.15, -0.1) is 0 Å². The van der Waals surface area contributed by atoms with E-state index in [4.69, 9.17) is 5.73 Å². The van der Waals surface area contributed by atoms with Crippen LogP contribution in [0.3, 0.4) is 0 Å². The lowest BCUT2D eigenvalue weighted by Gasteiger charge is -2.07. The molecule has 0 aliphatic rings. The fraction of sp³-hybridized carbons (Fsp3) is 0.250. The number of carbonyl (C=O) groups excluding carboxylic acids is 1. The molecule has 2 rings (SSSR count). The zero-order valence-electron chi connectivity index (χ0n) is 10.3. The zero-order valence-corrected chi connectivity index (χ0v) is 10.3. The summed E-state index contributed by atoms with van der Waals surface area (Å²) in [6, 6.07) is 1.61. The third-order valence-corrected chi connectivity index (χ3v) is 2.69. The number of carbonyl (C=O) groups is 1. The minimum atomic E-state index is -0.244. The average Bonchev–Trinajstić information content (AvgIpc) is 2.79. The van der Waals surface area contributed by atoms with E-state index in [-0.39, 0.29) is 5.91 Å². The molecule has 6 nitrogen and oxygen atoms in total. The number of nitrogen functional groups attached to an aromatic ring is 1. The van der Waals surface area contributed by atoms with Crippen molar-refractivity contribution in [1.29, 1.82) is 0 Å². The van der Waals surface area contributed by atoms with Gasteiger partial charge in [0.25, 0.3) is 5.91 Å². The van der Waals surface area contributed by atoms with Crippen LogP contribution in [0.15, 0.2) is 18.5 Å². The lowest BCUT2D eigenvalue weighted by Crippen LogP contribution is -2.15. The molecule has 2 aromatic heterocycles. The van der Waals surface area contributed by atoms with Crippen LogP contribution in [0, 0.1) is 6.92 Å². The van der Waals surface area contributed by atoms with Crippen molar-refractivity contribution in [3.8, 4) is 0 Å². The first-order valence-electron chi connectivity index (χ1n) is 5.67. The first kappa shape index (κ1) is 12.1. The first-order chi connectivity index (χ1) is 8.61. The highest BCUT2D eigenvalue weighted by Gasteiger charge is 2.13. The van der Waals surface area contributed by atoms with Crippen LogP contribution in [0.5, 0.6) is 0 Å². The summed E-state index contributed by atoms with van der Waals surface area (Å²) >= 11 is 0. The predicted octanol–water partition coefficient (Wildman–Crippen LogP) is 1.51. The van der Waals surface area contributed by atoms with Crippen LogP contribution in [0.1, 0.15) is 28.5 Å². The number of rotatable bonds is 3. The average molecular weight is 245 g/mol. The van der Waals surface area contributed by atoms with Crippen LogP contribution >= 0.6 is 0 Å². The molecule has 2 heterocycles. The third-order valence-electron chi connectivity index (χ3n) is 2.69. The van der Waals surface area contributed by atoms with Gasteiger partial charge in [0.2, 0.25) is 0 Å². The Balaban J connectivity index is 2.25. The predicted molar refractivity (Wildman–Crippen MR) is 69.3 cm³/mol. The van der Waals surface area contributed by atoms with E-state index in [9.17, 15) is 4.79 Å². The molecule has 0 bridgehead atoms. The summed E-state index contributed by atoms with van der Waals surface area (Å²) in [6.07, 6.45) is 4.01. The Labute approximate surface area is 105 Å². The highest BCUT2D eigenvalue weighted by Crippen LogP contribution is 2.15. The highest BCUT2D eigenvalue weighted by atomic mass is 16.1. The van der Waals surface area contributed by atoms with Crippen molar-refractivity contribution < 1.29 is 4.79 Å². The van der Waals surface area contributed by atoms with Crippen LogP contribution in [0.4, 0.5) is 11.5 Å². The Morgan fingerprint density at radius 2 is 2.28 bits per heavy atom. The standard InChI is InChI=1S/C12H15N5O/c1-3-8-5-15-17-11(8)16-12(18)10-4-9(13)6-14-7(10)2/h4-6H,3,13H2,1-2H3,(H2,15,16,17,18). The molecule has 0 fully saturated rings. The number of nitrogens with two attached hydrogens (primary N) is 1. The summed E-state index contributed by atoms with van der Waals surface area (Å²) in [5, 5.41) is 9.43. The topological polar surface area (TPSA) is 96.7 Å². The molecule has 6 heteroatoms. The van der Waals surface area contributed by atoms with Crippen molar-refractivity contribution in [3.05, 3.63) is 35.3 Å². The molecule has 0 saturated carbocycles. The Morgan fingerprint density at radius 3 is 3.00 bits per heavy atom. The number of pyridine rings is 1. The van der Waals surface area contributed by atoms with Crippen LogP contribution in [0.25, 0.3) is 0 Å². The number of nitrogens with one attached hydrogen (secondary N) is 2. The van der Waals surface area contributed by atoms with Gasteiger partial charge in [-0.05, 0) is 19.4 Å². The van der Waals surface area contributed by atoms with Crippen LogP contribution in [-0.4, -0.2) is 21.1 Å². The van der Waals surface area contributed by atoms with Gasteiger partial charge in [0, 0.05) is 5.56 Å². The molecule has 94 valence electrons. The normalized spacial score (nSPS) is 10.3. The maximum atomic E-state index is 12.1. The van der Waals surface area contributed by atoms with E-state index in [1.54, 1.807) is 19.2 Å². The molecule has 0 saturated heterocycles. The molecule has 0 aliphatic heterocycles. The monoisotopic (exact) mass is 245 g/mol. The third kappa shape index (κ3) is 2.32. The lowest BCUT2D eigenvalue weighted by molar-refractivity contribution is 0.102. The fourth-order valence-corrected chi connectivity index (χ4v) is 1.65. The summed E-state index contributed by atoms with van der Waals surface area (Å²) in [5.41, 5.74) is 8.16. The van der Waals surface area contributed by atoms with Crippen molar-refractivity contribution >= 4 is 17.4 Å². The zero-order chi connectivity index (χ0) is 13.1. The van der Waals surface area contributed by atoms with E-state index in [0.717, 1.165) is 12.0 Å². The SMILES string of the molecule is CCc1cn[nH]c1NC(=O)c1cc(N)cnc1C. The number of anilines is 2. The Morgan fingerprint density at radius 1 is 1.50 bits per heavy atom. The van der Waals surface area contributed by atoms with Gasteiger partial charge in [-0.3, -0.25) is 14.9 Å². The quantitative estimate of drug-likeness (QED) is 0.763. The lowest BCUT2D eigenvalue weighted by atomic mass is 10.1. The van der Waals surface area contributed by atoms with Gasteiger partial charge in [0.15, 0.2) is 0 Å². The summed E-state index contributed by atoms with van der Waals surface area (Å²) in [7, 11) is 0. The number of aromatic nitrogens is 3. The maximum Gasteiger partial charge on any atom is 0.258 e. The van der Waals surface area contributed by atoms with Crippen LogP contribution in [-0.2, 0) is 6.42 Å². The number of aryl methyl sites for hydroxylation is 2. The molecule has 0 atom stereocenters. The maximum absolute atomic E-state index is 12.1. The van der Waals surface area contributed by atoms with E-state index in [1.807, 2.05) is 6.92 Å². The molecule has 0 unspecified atom stereocenters. The van der Waals surface area contributed by atoms with Gasteiger partial charge >= 0.3 is 0 Å². The molecule has 0 aromatic carbocycles. The molecule has 4 N–H and O–H groups in total. The number of nitrogens with zero attached hydrogens (tertiary/aromatic N) is 2. The molecule has 1 amide bonds. The van der Waals surface area contributed by atoms with Crippen molar-refractivity contribution in [2.45, 2.75) is 20.3 Å². The van der Waals surface area contributed by atoms with Crippen LogP contribution < -0.4 is 11.1 Å². The molecular weight excluding hydrogens is 230 g/mol. The van der Waals surface area contributed by atoms with E-state index in [2.05, 4.69) is 20.5 Å². The second-order valence-electron chi connectivity index (χ2n) is 3.98. The molecule has 0 spiro atoms. The van der Waals surface area contributed by atoms with Crippen molar-refractivity contribution in [1.82, 2.24) is 15.2 Å². The second kappa shape index (κ2) is 4.87. The van der Waals surface area contributed by atoms with Gasteiger partial charge in [-0.1, -0.05) is 6.92 Å². The van der Waals surface area contributed by atoms with Gasteiger partial charge in [-0.2, -0.15) is 5.10 Å². The smallest absolute Gasteiger partial charge is 0.258 e. The summed E-state index contributed by atoms with van der Waals surface area (Å²) in [4.78, 5) is 16.2. The Kier molecular flexibility index (Phi) is 3.27. The molecule has 0 radical (unpaired) electrons. The molecular formula is C12H15N5O.